The normalized spacial score (nSPS) is 13.6. The molecule has 22 heavy (non-hydrogen) atoms. The summed E-state index contributed by atoms with van der Waals surface area (Å²) < 4.78 is 5.37. The Labute approximate surface area is 130 Å². The van der Waals surface area contributed by atoms with Gasteiger partial charge in [0.05, 0.1) is 6.54 Å². The SMILES string of the molecule is C=CCOc1ccc(/C=C/C(=O)NCC(=O)NC2CC2)cc1. The second-order valence-corrected chi connectivity index (χ2v) is 5.06. The molecule has 0 bridgehead atoms. The van der Waals surface area contributed by atoms with Crippen molar-refractivity contribution in [3.05, 3.63) is 48.6 Å². The quantitative estimate of drug-likeness (QED) is 0.567. The van der Waals surface area contributed by atoms with Crippen LogP contribution in [0.3, 0.4) is 0 Å². The van der Waals surface area contributed by atoms with Crippen molar-refractivity contribution in [2.45, 2.75) is 18.9 Å². The van der Waals surface area contributed by atoms with Gasteiger partial charge >= 0.3 is 0 Å². The minimum atomic E-state index is -0.294. The van der Waals surface area contributed by atoms with E-state index >= 15 is 0 Å². The maximum Gasteiger partial charge on any atom is 0.244 e. The molecule has 1 fully saturated rings. The lowest BCUT2D eigenvalue weighted by Gasteiger charge is -2.04. The van der Waals surface area contributed by atoms with E-state index in [0.717, 1.165) is 24.2 Å². The molecular formula is C17H20N2O3. The molecule has 0 unspecified atom stereocenters. The molecule has 0 radical (unpaired) electrons. The van der Waals surface area contributed by atoms with Crippen LogP contribution < -0.4 is 15.4 Å². The molecule has 1 aromatic rings. The molecular weight excluding hydrogens is 280 g/mol. The summed E-state index contributed by atoms with van der Waals surface area (Å²) >= 11 is 0. The van der Waals surface area contributed by atoms with Gasteiger partial charge in [-0.1, -0.05) is 24.8 Å². The zero-order chi connectivity index (χ0) is 15.8. The van der Waals surface area contributed by atoms with Crippen LogP contribution >= 0.6 is 0 Å². The van der Waals surface area contributed by atoms with Crippen LogP contribution in [0.25, 0.3) is 6.08 Å². The fraction of sp³-hybridized carbons (Fsp3) is 0.294. The van der Waals surface area contributed by atoms with Gasteiger partial charge in [-0.15, -0.1) is 0 Å². The molecule has 0 heterocycles. The van der Waals surface area contributed by atoms with Gasteiger partial charge < -0.3 is 15.4 Å². The number of hydrogen-bond donors (Lipinski definition) is 2. The first kappa shape index (κ1) is 15.8. The number of amides is 2. The lowest BCUT2D eigenvalue weighted by molar-refractivity contribution is -0.124. The molecule has 116 valence electrons. The summed E-state index contributed by atoms with van der Waals surface area (Å²) in [6.45, 7) is 4.05. The molecule has 0 spiro atoms. The molecule has 0 aromatic heterocycles. The van der Waals surface area contributed by atoms with E-state index < -0.39 is 0 Å². The zero-order valence-electron chi connectivity index (χ0n) is 12.4. The third kappa shape index (κ3) is 5.83. The Hall–Kier alpha value is -2.56. The lowest BCUT2D eigenvalue weighted by atomic mass is 10.2. The summed E-state index contributed by atoms with van der Waals surface area (Å²) in [6.07, 6.45) is 6.84. The number of hydrogen-bond acceptors (Lipinski definition) is 3. The number of carbonyl (C=O) groups is 2. The maximum atomic E-state index is 11.6. The molecule has 2 rings (SSSR count). The van der Waals surface area contributed by atoms with Crippen molar-refractivity contribution in [3.8, 4) is 5.75 Å². The van der Waals surface area contributed by atoms with Gasteiger partial charge in [0.15, 0.2) is 0 Å². The van der Waals surface area contributed by atoms with E-state index in [9.17, 15) is 9.59 Å². The highest BCUT2D eigenvalue weighted by atomic mass is 16.5. The number of rotatable bonds is 8. The molecule has 1 aliphatic carbocycles. The first-order chi connectivity index (χ1) is 10.7. The first-order valence-corrected chi connectivity index (χ1v) is 7.26. The Morgan fingerprint density at radius 1 is 1.27 bits per heavy atom. The van der Waals surface area contributed by atoms with Gasteiger partial charge in [-0.2, -0.15) is 0 Å². The Morgan fingerprint density at radius 2 is 2.00 bits per heavy atom. The number of ether oxygens (including phenoxy) is 1. The van der Waals surface area contributed by atoms with E-state index in [1.807, 2.05) is 24.3 Å². The third-order valence-corrected chi connectivity index (χ3v) is 3.04. The molecule has 5 nitrogen and oxygen atoms in total. The van der Waals surface area contributed by atoms with Crippen LogP contribution in [0.15, 0.2) is 43.0 Å². The van der Waals surface area contributed by atoms with Gasteiger partial charge in [-0.25, -0.2) is 0 Å². The third-order valence-electron chi connectivity index (χ3n) is 3.04. The molecule has 1 aliphatic rings. The first-order valence-electron chi connectivity index (χ1n) is 7.26. The van der Waals surface area contributed by atoms with Crippen molar-refractivity contribution in [2.75, 3.05) is 13.2 Å². The fourth-order valence-corrected chi connectivity index (χ4v) is 1.73. The lowest BCUT2D eigenvalue weighted by Crippen LogP contribution is -2.37. The summed E-state index contributed by atoms with van der Waals surface area (Å²) in [5, 5.41) is 5.36. The molecule has 5 heteroatoms. The van der Waals surface area contributed by atoms with Crippen LogP contribution in [0.2, 0.25) is 0 Å². The minimum Gasteiger partial charge on any atom is -0.490 e. The van der Waals surface area contributed by atoms with Crippen LogP contribution in [-0.4, -0.2) is 31.0 Å². The highest BCUT2D eigenvalue weighted by molar-refractivity contribution is 5.94. The van der Waals surface area contributed by atoms with Gasteiger partial charge in [0.1, 0.15) is 12.4 Å². The molecule has 1 aromatic carbocycles. The van der Waals surface area contributed by atoms with E-state index in [-0.39, 0.29) is 18.4 Å². The van der Waals surface area contributed by atoms with Crippen LogP contribution in [0.4, 0.5) is 0 Å². The minimum absolute atomic E-state index is 0.00794. The Kier molecular flexibility index (Phi) is 5.77. The van der Waals surface area contributed by atoms with Gasteiger partial charge in [0, 0.05) is 12.1 Å². The average molecular weight is 300 g/mol. The van der Waals surface area contributed by atoms with Gasteiger partial charge in [-0.05, 0) is 36.6 Å². The maximum absolute atomic E-state index is 11.6. The van der Waals surface area contributed by atoms with E-state index in [1.54, 1.807) is 12.2 Å². The zero-order valence-corrected chi connectivity index (χ0v) is 12.4. The number of carbonyl (C=O) groups excluding carboxylic acids is 2. The molecule has 2 amide bonds. The fourth-order valence-electron chi connectivity index (χ4n) is 1.73. The van der Waals surface area contributed by atoms with E-state index in [1.165, 1.54) is 6.08 Å². The summed E-state index contributed by atoms with van der Waals surface area (Å²) in [5.41, 5.74) is 0.878. The second-order valence-electron chi connectivity index (χ2n) is 5.06. The molecule has 2 N–H and O–H groups in total. The average Bonchev–Trinajstić information content (AvgIpc) is 3.34. The number of nitrogens with one attached hydrogen (secondary N) is 2. The van der Waals surface area contributed by atoms with E-state index in [2.05, 4.69) is 17.2 Å². The Balaban J connectivity index is 1.73. The van der Waals surface area contributed by atoms with Gasteiger partial charge in [0.25, 0.3) is 0 Å². The van der Waals surface area contributed by atoms with Crippen LogP contribution in [-0.2, 0) is 9.59 Å². The highest BCUT2D eigenvalue weighted by Crippen LogP contribution is 2.18. The monoisotopic (exact) mass is 300 g/mol. The molecule has 1 saturated carbocycles. The Morgan fingerprint density at radius 3 is 2.64 bits per heavy atom. The summed E-state index contributed by atoms with van der Waals surface area (Å²) in [4.78, 5) is 23.0. The standard InChI is InChI=1S/C17H20N2O3/c1-2-11-22-15-8-3-13(4-9-15)5-10-16(20)18-12-17(21)19-14-6-7-14/h2-5,8-10,14H,1,6-7,11-12H2,(H,18,20)(H,19,21)/b10-5+. The van der Waals surface area contributed by atoms with Crippen molar-refractivity contribution in [3.63, 3.8) is 0 Å². The van der Waals surface area contributed by atoms with Crippen LogP contribution in [0.5, 0.6) is 5.75 Å². The van der Waals surface area contributed by atoms with E-state index in [4.69, 9.17) is 4.74 Å². The number of benzene rings is 1. The molecule has 0 saturated heterocycles. The smallest absolute Gasteiger partial charge is 0.244 e. The summed E-state index contributed by atoms with van der Waals surface area (Å²) in [6, 6.07) is 7.65. The Bertz CT molecular complexity index is 560. The van der Waals surface area contributed by atoms with Crippen molar-refractivity contribution in [2.24, 2.45) is 0 Å². The van der Waals surface area contributed by atoms with Crippen LogP contribution in [0.1, 0.15) is 18.4 Å². The van der Waals surface area contributed by atoms with Crippen molar-refractivity contribution in [1.82, 2.24) is 10.6 Å². The largest absolute Gasteiger partial charge is 0.490 e. The predicted octanol–water partition coefficient (Wildman–Crippen LogP) is 1.66. The second kappa shape index (κ2) is 8.02. The highest BCUT2D eigenvalue weighted by Gasteiger charge is 2.22. The van der Waals surface area contributed by atoms with Crippen molar-refractivity contribution < 1.29 is 14.3 Å². The van der Waals surface area contributed by atoms with Crippen molar-refractivity contribution >= 4 is 17.9 Å². The summed E-state index contributed by atoms with van der Waals surface area (Å²) in [5.74, 6) is 0.309. The van der Waals surface area contributed by atoms with Crippen LogP contribution in [0, 0.1) is 0 Å². The topological polar surface area (TPSA) is 67.4 Å². The van der Waals surface area contributed by atoms with Gasteiger partial charge in [-0.3, -0.25) is 9.59 Å². The predicted molar refractivity (Wildman–Crippen MR) is 85.3 cm³/mol. The summed E-state index contributed by atoms with van der Waals surface area (Å²) in [7, 11) is 0. The molecule has 0 atom stereocenters. The van der Waals surface area contributed by atoms with Crippen molar-refractivity contribution in [1.29, 1.82) is 0 Å². The van der Waals surface area contributed by atoms with E-state index in [0.29, 0.717) is 12.6 Å². The molecule has 0 aliphatic heterocycles. The van der Waals surface area contributed by atoms with Gasteiger partial charge in [0.2, 0.25) is 11.8 Å².